The van der Waals surface area contributed by atoms with E-state index in [2.05, 4.69) is 52.2 Å². The predicted molar refractivity (Wildman–Crippen MR) is 86.2 cm³/mol. The molecular formula is C17H28N2O. The van der Waals surface area contributed by atoms with Gasteiger partial charge in [0.25, 0.3) is 5.91 Å². The molecule has 0 aromatic heterocycles. The van der Waals surface area contributed by atoms with Crippen LogP contribution < -0.4 is 10.6 Å². The number of hydrogen-bond acceptors (Lipinski definition) is 2. The highest BCUT2D eigenvalue weighted by atomic mass is 16.1. The Balaban J connectivity index is 2.70. The topological polar surface area (TPSA) is 41.1 Å². The summed E-state index contributed by atoms with van der Waals surface area (Å²) in [7, 11) is 0. The van der Waals surface area contributed by atoms with Crippen LogP contribution in [0.1, 0.15) is 58.3 Å². The first-order chi connectivity index (χ1) is 9.13. The molecule has 2 N–H and O–H groups in total. The zero-order valence-corrected chi connectivity index (χ0v) is 13.6. The number of hydrogen-bond donors (Lipinski definition) is 2. The maximum Gasteiger partial charge on any atom is 0.251 e. The average Bonchev–Trinajstić information content (AvgIpc) is 2.26. The lowest BCUT2D eigenvalue weighted by atomic mass is 9.81. The van der Waals surface area contributed by atoms with Gasteiger partial charge in [-0.2, -0.15) is 0 Å². The van der Waals surface area contributed by atoms with Crippen molar-refractivity contribution in [2.75, 3.05) is 11.9 Å². The van der Waals surface area contributed by atoms with Gasteiger partial charge in [-0.05, 0) is 56.9 Å². The standard InChI is InChI=1S/C17H28N2O/c1-7-18-14-10-8-13(9-11-14)15(20)19-17(5,6)12-16(2,3)4/h8-11,18H,7,12H2,1-6H3,(H,19,20). The molecule has 3 heteroatoms. The van der Waals surface area contributed by atoms with Crippen molar-refractivity contribution in [1.82, 2.24) is 5.32 Å². The Kier molecular flexibility index (Phi) is 5.21. The van der Waals surface area contributed by atoms with Gasteiger partial charge in [0.1, 0.15) is 0 Å². The van der Waals surface area contributed by atoms with Gasteiger partial charge in [0.15, 0.2) is 0 Å². The second-order valence-corrected chi connectivity index (χ2v) is 7.18. The van der Waals surface area contributed by atoms with Gasteiger partial charge in [0.05, 0.1) is 0 Å². The van der Waals surface area contributed by atoms with Gasteiger partial charge in [-0.15, -0.1) is 0 Å². The van der Waals surface area contributed by atoms with Crippen LogP contribution in [0.2, 0.25) is 0 Å². The van der Waals surface area contributed by atoms with E-state index in [0.717, 1.165) is 18.7 Å². The van der Waals surface area contributed by atoms with Gasteiger partial charge in [-0.25, -0.2) is 0 Å². The monoisotopic (exact) mass is 276 g/mol. The molecule has 0 atom stereocenters. The number of benzene rings is 1. The molecule has 0 saturated carbocycles. The van der Waals surface area contributed by atoms with Crippen molar-refractivity contribution in [3.05, 3.63) is 29.8 Å². The highest BCUT2D eigenvalue weighted by molar-refractivity contribution is 5.95. The summed E-state index contributed by atoms with van der Waals surface area (Å²) in [5.74, 6) is -0.0118. The zero-order valence-electron chi connectivity index (χ0n) is 13.6. The van der Waals surface area contributed by atoms with Crippen LogP contribution in [0.3, 0.4) is 0 Å². The van der Waals surface area contributed by atoms with Crippen LogP contribution >= 0.6 is 0 Å². The van der Waals surface area contributed by atoms with E-state index in [-0.39, 0.29) is 16.9 Å². The molecule has 0 aliphatic rings. The summed E-state index contributed by atoms with van der Waals surface area (Å²) >= 11 is 0. The third kappa shape index (κ3) is 5.64. The van der Waals surface area contributed by atoms with Crippen molar-refractivity contribution in [3.8, 4) is 0 Å². The maximum atomic E-state index is 12.3. The molecule has 1 rings (SSSR count). The first-order valence-corrected chi connectivity index (χ1v) is 7.29. The largest absolute Gasteiger partial charge is 0.385 e. The van der Waals surface area contributed by atoms with Crippen LogP contribution in [0.5, 0.6) is 0 Å². The van der Waals surface area contributed by atoms with Crippen molar-refractivity contribution < 1.29 is 4.79 Å². The fraction of sp³-hybridized carbons (Fsp3) is 0.588. The summed E-state index contributed by atoms with van der Waals surface area (Å²) in [6.45, 7) is 13.6. The molecule has 1 aromatic carbocycles. The van der Waals surface area contributed by atoms with E-state index in [1.165, 1.54) is 0 Å². The molecule has 0 aliphatic carbocycles. The third-order valence-electron chi connectivity index (χ3n) is 2.95. The lowest BCUT2D eigenvalue weighted by molar-refractivity contribution is 0.0891. The first kappa shape index (κ1) is 16.5. The lowest BCUT2D eigenvalue weighted by Gasteiger charge is -2.33. The van der Waals surface area contributed by atoms with Crippen LogP contribution in [0, 0.1) is 5.41 Å². The number of carbonyl (C=O) groups excluding carboxylic acids is 1. The van der Waals surface area contributed by atoms with Gasteiger partial charge in [0.2, 0.25) is 0 Å². The minimum Gasteiger partial charge on any atom is -0.385 e. The highest BCUT2D eigenvalue weighted by Gasteiger charge is 2.27. The summed E-state index contributed by atoms with van der Waals surface area (Å²) in [5, 5.41) is 6.34. The highest BCUT2D eigenvalue weighted by Crippen LogP contribution is 2.27. The van der Waals surface area contributed by atoms with Gasteiger partial charge in [0, 0.05) is 23.3 Å². The SMILES string of the molecule is CCNc1ccc(C(=O)NC(C)(C)CC(C)(C)C)cc1. The molecule has 0 saturated heterocycles. The average molecular weight is 276 g/mol. The van der Waals surface area contributed by atoms with Crippen molar-refractivity contribution in [3.63, 3.8) is 0 Å². The Morgan fingerprint density at radius 2 is 1.60 bits per heavy atom. The number of anilines is 1. The maximum absolute atomic E-state index is 12.3. The molecule has 112 valence electrons. The van der Waals surface area contributed by atoms with Gasteiger partial charge in [-0.1, -0.05) is 20.8 Å². The molecule has 0 aliphatic heterocycles. The normalized spacial score (nSPS) is 12.1. The van der Waals surface area contributed by atoms with E-state index >= 15 is 0 Å². The van der Waals surface area contributed by atoms with Crippen LogP contribution in [0.15, 0.2) is 24.3 Å². The van der Waals surface area contributed by atoms with E-state index in [9.17, 15) is 4.79 Å². The van der Waals surface area contributed by atoms with Crippen molar-refractivity contribution in [1.29, 1.82) is 0 Å². The van der Waals surface area contributed by atoms with Gasteiger partial charge >= 0.3 is 0 Å². The zero-order chi connectivity index (χ0) is 15.4. The molecule has 1 amide bonds. The van der Waals surface area contributed by atoms with Crippen LogP contribution in [-0.2, 0) is 0 Å². The van der Waals surface area contributed by atoms with E-state index in [4.69, 9.17) is 0 Å². The van der Waals surface area contributed by atoms with E-state index in [1.807, 2.05) is 24.3 Å². The van der Waals surface area contributed by atoms with Crippen molar-refractivity contribution in [2.24, 2.45) is 5.41 Å². The Morgan fingerprint density at radius 3 is 2.05 bits per heavy atom. The van der Waals surface area contributed by atoms with Crippen molar-refractivity contribution >= 4 is 11.6 Å². The van der Waals surface area contributed by atoms with E-state index in [0.29, 0.717) is 5.56 Å². The fourth-order valence-corrected chi connectivity index (χ4v) is 2.69. The second-order valence-electron chi connectivity index (χ2n) is 7.18. The molecule has 0 unspecified atom stereocenters. The Morgan fingerprint density at radius 1 is 1.05 bits per heavy atom. The summed E-state index contributed by atoms with van der Waals surface area (Å²) in [6.07, 6.45) is 0.932. The van der Waals surface area contributed by atoms with Gasteiger partial charge in [-0.3, -0.25) is 4.79 Å². The Hall–Kier alpha value is -1.51. The first-order valence-electron chi connectivity index (χ1n) is 7.29. The molecule has 0 spiro atoms. The molecule has 0 radical (unpaired) electrons. The summed E-state index contributed by atoms with van der Waals surface area (Å²) in [6, 6.07) is 7.60. The molecule has 1 aromatic rings. The number of rotatable bonds is 5. The quantitative estimate of drug-likeness (QED) is 0.851. The molecule has 3 nitrogen and oxygen atoms in total. The molecule has 20 heavy (non-hydrogen) atoms. The third-order valence-corrected chi connectivity index (χ3v) is 2.95. The Labute approximate surface area is 123 Å². The minimum atomic E-state index is -0.213. The number of nitrogens with one attached hydrogen (secondary N) is 2. The molecule has 0 heterocycles. The van der Waals surface area contributed by atoms with Crippen LogP contribution in [-0.4, -0.2) is 18.0 Å². The van der Waals surface area contributed by atoms with Crippen LogP contribution in [0.25, 0.3) is 0 Å². The molecule has 0 bridgehead atoms. The molecule has 0 fully saturated rings. The molecular weight excluding hydrogens is 248 g/mol. The number of amides is 1. The predicted octanol–water partition coefficient (Wildman–Crippen LogP) is 4.06. The lowest BCUT2D eigenvalue weighted by Crippen LogP contribution is -2.45. The summed E-state index contributed by atoms with van der Waals surface area (Å²) in [5.41, 5.74) is 1.72. The summed E-state index contributed by atoms with van der Waals surface area (Å²) < 4.78 is 0. The summed E-state index contributed by atoms with van der Waals surface area (Å²) in [4.78, 5) is 12.3. The second kappa shape index (κ2) is 6.29. The van der Waals surface area contributed by atoms with Crippen LogP contribution in [0.4, 0.5) is 5.69 Å². The smallest absolute Gasteiger partial charge is 0.251 e. The fourth-order valence-electron chi connectivity index (χ4n) is 2.69. The minimum absolute atomic E-state index is 0.0118. The van der Waals surface area contributed by atoms with E-state index in [1.54, 1.807) is 0 Å². The van der Waals surface area contributed by atoms with E-state index < -0.39 is 0 Å². The number of carbonyl (C=O) groups is 1. The van der Waals surface area contributed by atoms with Gasteiger partial charge < -0.3 is 10.6 Å². The Bertz CT molecular complexity index is 441. The van der Waals surface area contributed by atoms with Crippen molar-refractivity contribution in [2.45, 2.75) is 53.5 Å².